The van der Waals surface area contributed by atoms with Crippen LogP contribution in [0, 0.1) is 0 Å². The summed E-state index contributed by atoms with van der Waals surface area (Å²) in [7, 11) is 0. The summed E-state index contributed by atoms with van der Waals surface area (Å²) in [6, 6.07) is 7.53. The molecule has 3 nitrogen and oxygen atoms in total. The third kappa shape index (κ3) is 0.797. The van der Waals surface area contributed by atoms with E-state index in [1.807, 2.05) is 24.3 Å². The maximum atomic E-state index is 10.6. The molecule has 0 aliphatic rings. The number of fused-ring (bicyclic) bond motifs is 1. The molecular weight excluding hydrogens is 152 g/mol. The topological polar surface area (TPSA) is 48.0 Å². The zero-order valence-electron chi connectivity index (χ0n) is 6.40. The van der Waals surface area contributed by atoms with Gasteiger partial charge < -0.3 is 5.84 Å². The first-order valence-electron chi connectivity index (χ1n) is 3.63. The van der Waals surface area contributed by atoms with Crippen molar-refractivity contribution in [3.05, 3.63) is 36.0 Å². The maximum absolute atomic E-state index is 10.6. The van der Waals surface area contributed by atoms with Crippen molar-refractivity contribution >= 4 is 17.2 Å². The van der Waals surface area contributed by atoms with E-state index in [1.54, 1.807) is 6.20 Å². The number of nitrogens with zero attached hydrogens (tertiary/aromatic N) is 1. The number of carbonyl (C=O) groups excluding carboxylic acids is 1. The van der Waals surface area contributed by atoms with Gasteiger partial charge in [0.25, 0.3) is 0 Å². The monoisotopic (exact) mass is 160 g/mol. The van der Waals surface area contributed by atoms with E-state index in [-0.39, 0.29) is 0 Å². The summed E-state index contributed by atoms with van der Waals surface area (Å²) in [6.45, 7) is 0. The highest BCUT2D eigenvalue weighted by Crippen LogP contribution is 2.16. The molecule has 1 aromatic heterocycles. The van der Waals surface area contributed by atoms with Gasteiger partial charge in [-0.05, 0) is 6.07 Å². The van der Waals surface area contributed by atoms with Crippen LogP contribution in [0.1, 0.15) is 10.4 Å². The van der Waals surface area contributed by atoms with Gasteiger partial charge >= 0.3 is 0 Å². The second kappa shape index (κ2) is 2.37. The molecule has 0 saturated carbocycles. The highest BCUT2D eigenvalue weighted by molar-refractivity contribution is 5.97. The Kier molecular flexibility index (Phi) is 1.37. The average molecular weight is 160 g/mol. The van der Waals surface area contributed by atoms with Crippen molar-refractivity contribution in [2.75, 3.05) is 5.84 Å². The minimum atomic E-state index is 0.633. The molecule has 2 rings (SSSR count). The molecule has 0 radical (unpaired) electrons. The summed E-state index contributed by atoms with van der Waals surface area (Å²) in [4.78, 5) is 10.6. The van der Waals surface area contributed by atoms with E-state index in [9.17, 15) is 4.79 Å². The zero-order chi connectivity index (χ0) is 8.55. The number of hydrogen-bond donors (Lipinski definition) is 1. The minimum Gasteiger partial charge on any atom is -0.339 e. The van der Waals surface area contributed by atoms with Crippen LogP contribution < -0.4 is 5.84 Å². The van der Waals surface area contributed by atoms with Gasteiger partial charge in [0.05, 0.1) is 5.52 Å². The highest BCUT2D eigenvalue weighted by Gasteiger charge is 2.03. The predicted octanol–water partition coefficient (Wildman–Crippen LogP) is 1.17. The van der Waals surface area contributed by atoms with E-state index in [0.717, 1.165) is 17.2 Å². The molecule has 0 saturated heterocycles. The fourth-order valence-corrected chi connectivity index (χ4v) is 1.33. The Hall–Kier alpha value is -1.77. The second-order valence-electron chi connectivity index (χ2n) is 2.63. The number of carbonyl (C=O) groups is 1. The summed E-state index contributed by atoms with van der Waals surface area (Å²) in [5.41, 5.74) is 1.51. The number of aldehydes is 1. The van der Waals surface area contributed by atoms with Crippen molar-refractivity contribution in [1.82, 2.24) is 4.68 Å². The average Bonchev–Trinajstić information content (AvgIpc) is 2.44. The van der Waals surface area contributed by atoms with Crippen LogP contribution in [-0.2, 0) is 0 Å². The van der Waals surface area contributed by atoms with E-state index >= 15 is 0 Å². The Labute approximate surface area is 69.4 Å². The summed E-state index contributed by atoms with van der Waals surface area (Å²) >= 11 is 0. The van der Waals surface area contributed by atoms with Crippen LogP contribution in [0.25, 0.3) is 10.9 Å². The molecule has 0 atom stereocenters. The van der Waals surface area contributed by atoms with E-state index in [4.69, 9.17) is 5.84 Å². The summed E-state index contributed by atoms with van der Waals surface area (Å²) in [5, 5.41) is 0.898. The Balaban J connectivity index is 2.91. The van der Waals surface area contributed by atoms with E-state index < -0.39 is 0 Å². The molecule has 0 fully saturated rings. The first-order valence-corrected chi connectivity index (χ1v) is 3.63. The molecular formula is C9H8N2O. The fourth-order valence-electron chi connectivity index (χ4n) is 1.33. The molecule has 1 heterocycles. The highest BCUT2D eigenvalue weighted by atomic mass is 16.1. The molecule has 0 spiro atoms. The Morgan fingerprint density at radius 3 is 2.83 bits per heavy atom. The number of benzene rings is 1. The molecule has 0 bridgehead atoms. The van der Waals surface area contributed by atoms with Crippen LogP contribution in [0.4, 0.5) is 0 Å². The number of hydrogen-bond acceptors (Lipinski definition) is 2. The molecule has 3 heteroatoms. The van der Waals surface area contributed by atoms with Gasteiger partial charge in [-0.2, -0.15) is 0 Å². The number of rotatable bonds is 1. The third-order valence-electron chi connectivity index (χ3n) is 1.90. The summed E-state index contributed by atoms with van der Waals surface area (Å²) in [5.74, 6) is 5.61. The van der Waals surface area contributed by atoms with Crippen LogP contribution in [0.15, 0.2) is 30.5 Å². The van der Waals surface area contributed by atoms with Gasteiger partial charge in [-0.1, -0.05) is 18.2 Å². The quantitative estimate of drug-likeness (QED) is 0.502. The van der Waals surface area contributed by atoms with Gasteiger partial charge in [0.1, 0.15) is 0 Å². The first kappa shape index (κ1) is 6.91. The van der Waals surface area contributed by atoms with Gasteiger partial charge in [-0.15, -0.1) is 0 Å². The largest absolute Gasteiger partial charge is 0.339 e. The van der Waals surface area contributed by atoms with Crippen molar-refractivity contribution in [2.45, 2.75) is 0 Å². The summed E-state index contributed by atoms with van der Waals surface area (Å²) < 4.78 is 1.46. The number of aromatic nitrogens is 1. The fraction of sp³-hybridized carbons (Fsp3) is 0. The summed E-state index contributed by atoms with van der Waals surface area (Å²) in [6.07, 6.45) is 2.43. The lowest BCUT2D eigenvalue weighted by atomic mass is 10.2. The van der Waals surface area contributed by atoms with Crippen molar-refractivity contribution in [1.29, 1.82) is 0 Å². The predicted molar refractivity (Wildman–Crippen MR) is 47.5 cm³/mol. The first-order chi connectivity index (χ1) is 5.83. The molecule has 60 valence electrons. The van der Waals surface area contributed by atoms with Crippen LogP contribution in [0.5, 0.6) is 0 Å². The van der Waals surface area contributed by atoms with Crippen molar-refractivity contribution in [3.8, 4) is 0 Å². The third-order valence-corrected chi connectivity index (χ3v) is 1.90. The van der Waals surface area contributed by atoms with Gasteiger partial charge in [0.15, 0.2) is 6.29 Å². The van der Waals surface area contributed by atoms with Crippen LogP contribution in [-0.4, -0.2) is 11.0 Å². The van der Waals surface area contributed by atoms with Gasteiger partial charge in [-0.25, -0.2) is 0 Å². The molecule has 2 aromatic rings. The number of para-hydroxylation sites is 1. The molecule has 0 amide bonds. The Morgan fingerprint density at radius 2 is 2.08 bits per heavy atom. The van der Waals surface area contributed by atoms with E-state index in [2.05, 4.69) is 0 Å². The molecule has 0 aliphatic carbocycles. The lowest BCUT2D eigenvalue weighted by Crippen LogP contribution is -2.04. The minimum absolute atomic E-state index is 0.633. The van der Waals surface area contributed by atoms with Gasteiger partial charge in [0.2, 0.25) is 0 Å². The number of nitrogen functional groups attached to an aromatic ring is 1. The Bertz CT molecular complexity index is 431. The van der Waals surface area contributed by atoms with Crippen molar-refractivity contribution in [2.24, 2.45) is 0 Å². The Morgan fingerprint density at radius 1 is 1.33 bits per heavy atom. The van der Waals surface area contributed by atoms with Crippen molar-refractivity contribution < 1.29 is 4.79 Å². The van der Waals surface area contributed by atoms with Crippen molar-refractivity contribution in [3.63, 3.8) is 0 Å². The van der Waals surface area contributed by atoms with Crippen LogP contribution in [0.2, 0.25) is 0 Å². The van der Waals surface area contributed by atoms with E-state index in [1.165, 1.54) is 4.68 Å². The normalized spacial score (nSPS) is 10.3. The second-order valence-corrected chi connectivity index (χ2v) is 2.63. The van der Waals surface area contributed by atoms with Crippen LogP contribution in [0.3, 0.4) is 0 Å². The smallest absolute Gasteiger partial charge is 0.152 e. The molecule has 0 aliphatic heterocycles. The molecule has 2 N–H and O–H groups in total. The molecule has 0 unspecified atom stereocenters. The lowest BCUT2D eigenvalue weighted by molar-refractivity contribution is 0.112. The maximum Gasteiger partial charge on any atom is 0.152 e. The SMILES string of the molecule is Nn1cc(C=O)c2ccccc21. The van der Waals surface area contributed by atoms with Gasteiger partial charge in [-0.3, -0.25) is 9.47 Å². The molecule has 12 heavy (non-hydrogen) atoms. The molecule has 1 aromatic carbocycles. The zero-order valence-corrected chi connectivity index (χ0v) is 6.40. The standard InChI is InChI=1S/C9H8N2O/c10-11-5-7(6-12)8-3-1-2-4-9(8)11/h1-6H,10H2. The van der Waals surface area contributed by atoms with E-state index in [0.29, 0.717) is 5.56 Å². The van der Waals surface area contributed by atoms with Gasteiger partial charge in [0, 0.05) is 17.1 Å². The lowest BCUT2D eigenvalue weighted by Gasteiger charge is -1.92. The van der Waals surface area contributed by atoms with Crippen LogP contribution >= 0.6 is 0 Å². The number of nitrogens with two attached hydrogens (primary N) is 1.